The molecule has 8 heteroatoms. The molecule has 2 N–H and O–H groups in total. The zero-order valence-electron chi connectivity index (χ0n) is 11.7. The van der Waals surface area contributed by atoms with Gasteiger partial charge in [-0.2, -0.15) is 10.5 Å². The van der Waals surface area contributed by atoms with E-state index in [1.54, 1.807) is 0 Å². The van der Waals surface area contributed by atoms with Crippen LogP contribution in [0.2, 0.25) is 0 Å². The number of ether oxygens (including phenoxy) is 2. The second kappa shape index (κ2) is 4.05. The van der Waals surface area contributed by atoms with Crippen LogP contribution in [0.15, 0.2) is 23.2 Å². The van der Waals surface area contributed by atoms with Crippen LogP contribution in [0.1, 0.15) is 11.5 Å². The maximum Gasteiger partial charge on any atom is 0.293 e. The van der Waals surface area contributed by atoms with Crippen molar-refractivity contribution in [3.63, 3.8) is 0 Å². The molecule has 1 saturated heterocycles. The number of aliphatic imine (C=N–C) groups is 1. The van der Waals surface area contributed by atoms with Crippen LogP contribution in [0.25, 0.3) is 0 Å². The second-order valence-corrected chi connectivity index (χ2v) is 5.71. The highest BCUT2D eigenvalue weighted by atomic mass is 19.1. The summed E-state index contributed by atoms with van der Waals surface area (Å²) in [6, 6.07) is 6.86. The fraction of sp³-hybridized carbons (Fsp3) is 0.400. The summed E-state index contributed by atoms with van der Waals surface area (Å²) in [6.07, 6.45) is 0. The molecule has 0 amide bonds. The van der Waals surface area contributed by atoms with E-state index in [4.69, 9.17) is 15.2 Å². The average molecular weight is 316 g/mol. The molecule has 0 aromatic heterocycles. The lowest BCUT2D eigenvalue weighted by Crippen LogP contribution is -2.38. The Bertz CT molecular complexity index is 837. The largest absolute Gasteiger partial charge is 0.386 e. The summed E-state index contributed by atoms with van der Waals surface area (Å²) in [4.78, 5) is 4.05. The Labute approximate surface area is 129 Å². The highest BCUT2D eigenvalue weighted by Crippen LogP contribution is 2.82. The van der Waals surface area contributed by atoms with E-state index >= 15 is 0 Å². The van der Waals surface area contributed by atoms with Gasteiger partial charge >= 0.3 is 0 Å². The Morgan fingerprint density at radius 2 is 1.91 bits per heavy atom. The van der Waals surface area contributed by atoms with Crippen molar-refractivity contribution < 1.29 is 18.3 Å². The lowest BCUT2D eigenvalue weighted by molar-refractivity contribution is -0.184. The van der Waals surface area contributed by atoms with Gasteiger partial charge in [-0.3, -0.25) is 0 Å². The quantitative estimate of drug-likeness (QED) is 0.837. The van der Waals surface area contributed by atoms with Crippen molar-refractivity contribution in [1.29, 1.82) is 10.5 Å². The number of fused-ring (bicyclic) bond motifs is 2. The third-order valence-electron chi connectivity index (χ3n) is 4.88. The third kappa shape index (κ3) is 1.26. The minimum absolute atomic E-state index is 0.107. The minimum atomic E-state index is -1.75. The number of benzene rings is 1. The van der Waals surface area contributed by atoms with Crippen LogP contribution in [0.5, 0.6) is 0 Å². The number of nitriles is 2. The van der Waals surface area contributed by atoms with Crippen molar-refractivity contribution in [2.75, 3.05) is 13.2 Å². The van der Waals surface area contributed by atoms with Gasteiger partial charge in [0, 0.05) is 5.92 Å². The molecule has 4 rings (SSSR count). The normalized spacial score (nSPS) is 36.2. The summed E-state index contributed by atoms with van der Waals surface area (Å²) >= 11 is 0. The van der Waals surface area contributed by atoms with Gasteiger partial charge in [0.1, 0.15) is 22.9 Å². The van der Waals surface area contributed by atoms with E-state index in [2.05, 4.69) is 4.99 Å². The number of amidine groups is 1. The van der Waals surface area contributed by atoms with E-state index in [1.807, 2.05) is 12.1 Å². The lowest BCUT2D eigenvalue weighted by atomic mass is 9.94. The van der Waals surface area contributed by atoms with Gasteiger partial charge in [-0.1, -0.05) is 0 Å². The fourth-order valence-electron chi connectivity index (χ4n) is 3.92. The zero-order valence-corrected chi connectivity index (χ0v) is 11.7. The minimum Gasteiger partial charge on any atom is -0.386 e. The van der Waals surface area contributed by atoms with Gasteiger partial charge in [0.2, 0.25) is 0 Å². The summed E-state index contributed by atoms with van der Waals surface area (Å²) < 4.78 is 38.8. The van der Waals surface area contributed by atoms with Gasteiger partial charge in [-0.15, -0.1) is 0 Å². The third-order valence-corrected chi connectivity index (χ3v) is 4.88. The molecular formula is C15H10F2N4O2. The lowest BCUT2D eigenvalue weighted by Gasteiger charge is -2.25. The van der Waals surface area contributed by atoms with Crippen molar-refractivity contribution in [3.05, 3.63) is 35.4 Å². The van der Waals surface area contributed by atoms with Crippen LogP contribution in [0.4, 0.5) is 8.78 Å². The van der Waals surface area contributed by atoms with E-state index in [0.29, 0.717) is 0 Å². The molecule has 2 heterocycles. The Kier molecular flexibility index (Phi) is 2.48. The van der Waals surface area contributed by atoms with Crippen LogP contribution < -0.4 is 5.73 Å². The molecule has 6 nitrogen and oxygen atoms in total. The van der Waals surface area contributed by atoms with Gasteiger partial charge in [0.05, 0.1) is 25.4 Å². The predicted octanol–water partition coefficient (Wildman–Crippen LogP) is 1.15. The van der Waals surface area contributed by atoms with Crippen molar-refractivity contribution >= 4 is 5.84 Å². The van der Waals surface area contributed by atoms with E-state index in [1.165, 1.54) is 0 Å². The van der Waals surface area contributed by atoms with Gasteiger partial charge in [-0.05, 0) is 23.8 Å². The molecule has 3 unspecified atom stereocenters. The second-order valence-electron chi connectivity index (χ2n) is 5.71. The molecule has 1 spiro atoms. The first-order valence-electron chi connectivity index (χ1n) is 6.90. The van der Waals surface area contributed by atoms with Gasteiger partial charge in [0.15, 0.2) is 5.41 Å². The van der Waals surface area contributed by atoms with Crippen LogP contribution in [-0.2, 0) is 9.47 Å². The molecule has 2 fully saturated rings. The number of rotatable bonds is 1. The number of hydrogen-bond acceptors (Lipinski definition) is 6. The van der Waals surface area contributed by atoms with E-state index in [0.717, 1.165) is 18.2 Å². The summed E-state index contributed by atoms with van der Waals surface area (Å²) in [6.45, 7) is 0.333. The predicted molar refractivity (Wildman–Crippen MR) is 71.4 cm³/mol. The van der Waals surface area contributed by atoms with E-state index in [9.17, 15) is 19.3 Å². The van der Waals surface area contributed by atoms with Gasteiger partial charge < -0.3 is 15.2 Å². The first-order chi connectivity index (χ1) is 11.0. The van der Waals surface area contributed by atoms with Crippen LogP contribution in [0, 0.1) is 45.1 Å². The molecular weight excluding hydrogens is 306 g/mol. The summed E-state index contributed by atoms with van der Waals surface area (Å²) in [7, 11) is 0. The zero-order chi connectivity index (χ0) is 16.5. The smallest absolute Gasteiger partial charge is 0.293 e. The average Bonchev–Trinajstić information content (AvgIpc) is 2.78. The van der Waals surface area contributed by atoms with Crippen molar-refractivity contribution in [3.8, 4) is 12.1 Å². The standard InChI is InChI=1S/C15H10F2N4O2/c16-8-1-2-10(17)9(5-8)11-13(6-18)12(20)21-15(14(11,13)7-19)22-3-4-23-15/h1-2,5,11H,3-4H2,(H2,20,21). The van der Waals surface area contributed by atoms with Crippen LogP contribution >= 0.6 is 0 Å². The summed E-state index contributed by atoms with van der Waals surface area (Å²) in [5.74, 6) is -4.32. The van der Waals surface area contributed by atoms with Gasteiger partial charge in [-0.25, -0.2) is 13.8 Å². The monoisotopic (exact) mass is 316 g/mol. The molecule has 3 atom stereocenters. The molecule has 2 aliphatic heterocycles. The summed E-state index contributed by atoms with van der Waals surface area (Å²) in [5.41, 5.74) is 2.56. The highest BCUT2D eigenvalue weighted by molar-refractivity contribution is 6.00. The fourth-order valence-corrected chi connectivity index (χ4v) is 3.92. The Balaban J connectivity index is 1.97. The molecule has 1 aromatic carbocycles. The molecule has 0 bridgehead atoms. The maximum atomic E-state index is 14.2. The number of halogens is 2. The van der Waals surface area contributed by atoms with Gasteiger partial charge in [0.25, 0.3) is 5.91 Å². The van der Waals surface area contributed by atoms with E-state index in [-0.39, 0.29) is 24.6 Å². The number of hydrogen-bond donors (Lipinski definition) is 1. The molecule has 23 heavy (non-hydrogen) atoms. The Hall–Kier alpha value is -2.55. The maximum absolute atomic E-state index is 14.2. The highest BCUT2D eigenvalue weighted by Gasteiger charge is 2.94. The molecule has 1 saturated carbocycles. The molecule has 1 aromatic rings. The molecule has 1 aliphatic carbocycles. The summed E-state index contributed by atoms with van der Waals surface area (Å²) in [5, 5.41) is 19.5. The SMILES string of the molecule is N#CC12C(N)=NC3(OCCO3)C1(C#N)C2c1cc(F)ccc1F. The molecule has 116 valence electrons. The van der Waals surface area contributed by atoms with E-state index < -0.39 is 34.3 Å². The number of nitrogens with two attached hydrogens (primary N) is 1. The Morgan fingerprint density at radius 3 is 2.52 bits per heavy atom. The first-order valence-corrected chi connectivity index (χ1v) is 6.90. The van der Waals surface area contributed by atoms with Crippen LogP contribution in [0.3, 0.4) is 0 Å². The molecule has 3 aliphatic rings. The van der Waals surface area contributed by atoms with Crippen LogP contribution in [-0.4, -0.2) is 25.0 Å². The Morgan fingerprint density at radius 1 is 1.22 bits per heavy atom. The van der Waals surface area contributed by atoms with Crippen molar-refractivity contribution in [2.24, 2.45) is 21.6 Å². The van der Waals surface area contributed by atoms with Crippen molar-refractivity contribution in [1.82, 2.24) is 0 Å². The molecule has 0 radical (unpaired) electrons. The first kappa shape index (κ1) is 14.1. The van der Waals surface area contributed by atoms with Crippen molar-refractivity contribution in [2.45, 2.75) is 11.8 Å². The number of nitrogens with zero attached hydrogens (tertiary/aromatic N) is 3. The topological polar surface area (TPSA) is 104 Å².